The third-order valence-corrected chi connectivity index (χ3v) is 2.82. The SMILES string of the molecule is CN(C)c1ccc(/C=N\N=C\c2ccccc2O)cc1. The molecule has 2 rings (SSSR count). The summed E-state index contributed by atoms with van der Waals surface area (Å²) in [4.78, 5) is 2.04. The first-order chi connectivity index (χ1) is 9.66. The topological polar surface area (TPSA) is 48.2 Å². The minimum absolute atomic E-state index is 0.196. The number of hydrogen-bond acceptors (Lipinski definition) is 4. The Kier molecular flexibility index (Phi) is 4.50. The quantitative estimate of drug-likeness (QED) is 0.684. The van der Waals surface area contributed by atoms with Crippen LogP contribution >= 0.6 is 0 Å². The van der Waals surface area contributed by atoms with Crippen molar-refractivity contribution in [3.05, 3.63) is 59.7 Å². The van der Waals surface area contributed by atoms with Gasteiger partial charge in [0.15, 0.2) is 0 Å². The maximum absolute atomic E-state index is 9.56. The molecule has 2 aromatic rings. The Bertz CT molecular complexity index is 616. The molecule has 0 unspecified atom stereocenters. The lowest BCUT2D eigenvalue weighted by Gasteiger charge is -2.11. The lowest BCUT2D eigenvalue weighted by atomic mass is 10.2. The average Bonchev–Trinajstić information content (AvgIpc) is 2.46. The van der Waals surface area contributed by atoms with E-state index in [2.05, 4.69) is 10.2 Å². The van der Waals surface area contributed by atoms with Crippen molar-refractivity contribution in [1.82, 2.24) is 0 Å². The molecule has 1 N–H and O–H groups in total. The Morgan fingerprint density at radius 1 is 0.900 bits per heavy atom. The van der Waals surface area contributed by atoms with Crippen LogP contribution in [0.3, 0.4) is 0 Å². The largest absolute Gasteiger partial charge is 0.507 e. The Labute approximate surface area is 118 Å². The van der Waals surface area contributed by atoms with Gasteiger partial charge in [0, 0.05) is 25.3 Å². The molecule has 0 aromatic heterocycles. The van der Waals surface area contributed by atoms with Gasteiger partial charge in [-0.1, -0.05) is 24.3 Å². The van der Waals surface area contributed by atoms with Crippen LogP contribution in [0.25, 0.3) is 0 Å². The fourth-order valence-electron chi connectivity index (χ4n) is 1.65. The molecule has 0 heterocycles. The molecular weight excluding hydrogens is 250 g/mol. The highest BCUT2D eigenvalue weighted by Crippen LogP contribution is 2.13. The summed E-state index contributed by atoms with van der Waals surface area (Å²) in [5, 5.41) is 17.5. The first-order valence-electron chi connectivity index (χ1n) is 6.28. The van der Waals surface area contributed by atoms with E-state index in [1.165, 1.54) is 6.21 Å². The van der Waals surface area contributed by atoms with Crippen LogP contribution in [0.4, 0.5) is 5.69 Å². The molecule has 102 valence electrons. The molecule has 4 nitrogen and oxygen atoms in total. The van der Waals surface area contributed by atoms with Gasteiger partial charge >= 0.3 is 0 Å². The Morgan fingerprint density at radius 2 is 1.55 bits per heavy atom. The predicted octanol–water partition coefficient (Wildman–Crippen LogP) is 2.91. The first kappa shape index (κ1) is 13.8. The molecule has 0 bridgehead atoms. The van der Waals surface area contributed by atoms with E-state index in [4.69, 9.17) is 0 Å². The number of rotatable bonds is 4. The standard InChI is InChI=1S/C16H17N3O/c1-19(2)15-9-7-13(8-10-15)11-17-18-12-14-5-3-4-6-16(14)20/h3-12,20H,1-2H3/b17-11-,18-12+. The molecule has 0 spiro atoms. The van der Waals surface area contributed by atoms with Gasteiger partial charge in [0.1, 0.15) is 5.75 Å². The average molecular weight is 267 g/mol. The Morgan fingerprint density at radius 3 is 2.20 bits per heavy atom. The van der Waals surface area contributed by atoms with Crippen LogP contribution in [0.2, 0.25) is 0 Å². The van der Waals surface area contributed by atoms with Crippen LogP contribution in [0.1, 0.15) is 11.1 Å². The van der Waals surface area contributed by atoms with Gasteiger partial charge in [-0.2, -0.15) is 10.2 Å². The van der Waals surface area contributed by atoms with E-state index in [9.17, 15) is 5.11 Å². The predicted molar refractivity (Wildman–Crippen MR) is 84.1 cm³/mol. The minimum atomic E-state index is 0.196. The monoisotopic (exact) mass is 267 g/mol. The number of nitrogens with zero attached hydrogens (tertiary/aromatic N) is 3. The zero-order valence-electron chi connectivity index (χ0n) is 11.6. The number of anilines is 1. The molecule has 0 fully saturated rings. The Hall–Kier alpha value is -2.62. The van der Waals surface area contributed by atoms with E-state index in [1.54, 1.807) is 24.4 Å². The van der Waals surface area contributed by atoms with E-state index >= 15 is 0 Å². The molecule has 0 amide bonds. The lowest BCUT2D eigenvalue weighted by Crippen LogP contribution is -2.08. The molecule has 20 heavy (non-hydrogen) atoms. The van der Waals surface area contributed by atoms with E-state index in [0.717, 1.165) is 11.3 Å². The van der Waals surface area contributed by atoms with E-state index in [-0.39, 0.29) is 5.75 Å². The normalized spacial score (nSPS) is 11.3. The van der Waals surface area contributed by atoms with Crippen molar-refractivity contribution in [2.45, 2.75) is 0 Å². The van der Waals surface area contributed by atoms with Crippen molar-refractivity contribution in [3.63, 3.8) is 0 Å². The van der Waals surface area contributed by atoms with E-state index in [0.29, 0.717) is 5.56 Å². The van der Waals surface area contributed by atoms with Gasteiger partial charge in [0.25, 0.3) is 0 Å². The van der Waals surface area contributed by atoms with Gasteiger partial charge in [-0.3, -0.25) is 0 Å². The van der Waals surface area contributed by atoms with Crippen molar-refractivity contribution < 1.29 is 5.11 Å². The second kappa shape index (κ2) is 6.52. The van der Waals surface area contributed by atoms with Crippen molar-refractivity contribution in [2.24, 2.45) is 10.2 Å². The van der Waals surface area contributed by atoms with Gasteiger partial charge in [0.05, 0.1) is 12.4 Å². The van der Waals surface area contributed by atoms with Crippen LogP contribution in [-0.4, -0.2) is 31.6 Å². The molecule has 2 aromatic carbocycles. The third-order valence-electron chi connectivity index (χ3n) is 2.82. The summed E-state index contributed by atoms with van der Waals surface area (Å²) >= 11 is 0. The summed E-state index contributed by atoms with van der Waals surface area (Å²) < 4.78 is 0. The second-order valence-corrected chi connectivity index (χ2v) is 4.53. The summed E-state index contributed by atoms with van der Waals surface area (Å²) in [6.45, 7) is 0. The number of phenols is 1. The lowest BCUT2D eigenvalue weighted by molar-refractivity contribution is 0.474. The van der Waals surface area contributed by atoms with Gasteiger partial charge < -0.3 is 10.0 Å². The molecule has 4 heteroatoms. The highest BCUT2D eigenvalue weighted by molar-refractivity contribution is 5.85. The second-order valence-electron chi connectivity index (χ2n) is 4.53. The molecular formula is C16H17N3O. The highest BCUT2D eigenvalue weighted by Gasteiger charge is 1.94. The van der Waals surface area contributed by atoms with Crippen molar-refractivity contribution in [3.8, 4) is 5.75 Å². The van der Waals surface area contributed by atoms with Crippen LogP contribution in [0.15, 0.2) is 58.7 Å². The van der Waals surface area contributed by atoms with Crippen LogP contribution in [0, 0.1) is 0 Å². The zero-order valence-corrected chi connectivity index (χ0v) is 11.6. The molecule has 0 atom stereocenters. The van der Waals surface area contributed by atoms with Gasteiger partial charge in [-0.05, 0) is 29.8 Å². The number of benzene rings is 2. The van der Waals surface area contributed by atoms with E-state index < -0.39 is 0 Å². The van der Waals surface area contributed by atoms with Crippen molar-refractivity contribution in [1.29, 1.82) is 0 Å². The molecule has 0 saturated carbocycles. The maximum Gasteiger partial charge on any atom is 0.124 e. The van der Waals surface area contributed by atoms with Crippen LogP contribution < -0.4 is 4.90 Å². The first-order valence-corrected chi connectivity index (χ1v) is 6.28. The number of para-hydroxylation sites is 1. The molecule has 0 aliphatic rings. The number of phenolic OH excluding ortho intramolecular Hbond substituents is 1. The minimum Gasteiger partial charge on any atom is -0.507 e. The van der Waals surface area contributed by atoms with Gasteiger partial charge in [-0.15, -0.1) is 0 Å². The van der Waals surface area contributed by atoms with Crippen LogP contribution in [-0.2, 0) is 0 Å². The molecule has 0 aliphatic heterocycles. The maximum atomic E-state index is 9.56. The number of aromatic hydroxyl groups is 1. The molecule has 0 radical (unpaired) electrons. The summed E-state index contributed by atoms with van der Waals surface area (Å²) in [7, 11) is 4.00. The smallest absolute Gasteiger partial charge is 0.124 e. The fraction of sp³-hybridized carbons (Fsp3) is 0.125. The van der Waals surface area contributed by atoms with Crippen molar-refractivity contribution in [2.75, 3.05) is 19.0 Å². The van der Waals surface area contributed by atoms with Gasteiger partial charge in [-0.25, -0.2) is 0 Å². The molecule has 0 saturated heterocycles. The summed E-state index contributed by atoms with van der Waals surface area (Å²) in [5.41, 5.74) is 2.76. The summed E-state index contributed by atoms with van der Waals surface area (Å²) in [6.07, 6.45) is 3.20. The Balaban J connectivity index is 2.01. The summed E-state index contributed by atoms with van der Waals surface area (Å²) in [6, 6.07) is 15.0. The van der Waals surface area contributed by atoms with E-state index in [1.807, 2.05) is 49.3 Å². The highest BCUT2D eigenvalue weighted by atomic mass is 16.3. The third kappa shape index (κ3) is 3.68. The summed E-state index contributed by atoms with van der Waals surface area (Å²) in [5.74, 6) is 0.196. The number of hydrogen-bond donors (Lipinski definition) is 1. The van der Waals surface area contributed by atoms with Crippen molar-refractivity contribution >= 4 is 18.1 Å². The van der Waals surface area contributed by atoms with Crippen LogP contribution in [0.5, 0.6) is 5.75 Å². The van der Waals surface area contributed by atoms with Gasteiger partial charge in [0.2, 0.25) is 0 Å². The fourth-order valence-corrected chi connectivity index (χ4v) is 1.65. The molecule has 0 aliphatic carbocycles. The zero-order chi connectivity index (χ0) is 14.4.